The van der Waals surface area contributed by atoms with Crippen LogP contribution < -0.4 is 10.6 Å². The van der Waals surface area contributed by atoms with Crippen molar-refractivity contribution in [1.29, 1.82) is 0 Å². The van der Waals surface area contributed by atoms with Crippen LogP contribution in [-0.4, -0.2) is 25.7 Å². The van der Waals surface area contributed by atoms with E-state index in [1.54, 1.807) is 5.56 Å². The third kappa shape index (κ3) is 3.01. The van der Waals surface area contributed by atoms with Gasteiger partial charge >= 0.3 is 0 Å². The number of aryl methyl sites for hydroxylation is 1. The Morgan fingerprint density at radius 2 is 1.79 bits per heavy atom. The summed E-state index contributed by atoms with van der Waals surface area (Å²) in [6, 6.07) is 9.65. The normalized spacial score (nSPS) is 29.3. The Hall–Kier alpha value is -0.860. The molecule has 2 unspecified atom stereocenters. The van der Waals surface area contributed by atoms with E-state index < -0.39 is 0 Å². The summed E-state index contributed by atoms with van der Waals surface area (Å²) >= 11 is 0. The Balaban J connectivity index is 1.58. The lowest BCUT2D eigenvalue weighted by Crippen LogP contribution is -2.46. The molecule has 2 heteroatoms. The van der Waals surface area contributed by atoms with E-state index in [1.807, 2.05) is 0 Å². The van der Waals surface area contributed by atoms with E-state index in [2.05, 4.69) is 41.8 Å². The molecular weight excluding hydrogens is 232 g/mol. The van der Waals surface area contributed by atoms with Gasteiger partial charge in [0.2, 0.25) is 0 Å². The molecule has 2 nitrogen and oxygen atoms in total. The molecule has 2 aliphatic rings. The molecule has 0 spiro atoms. The Labute approximate surface area is 117 Å². The van der Waals surface area contributed by atoms with E-state index in [0.29, 0.717) is 0 Å². The predicted octanol–water partition coefficient (Wildman–Crippen LogP) is 2.83. The fraction of sp³-hybridized carbons (Fsp3) is 0.647. The van der Waals surface area contributed by atoms with Gasteiger partial charge in [0, 0.05) is 12.6 Å². The van der Waals surface area contributed by atoms with Gasteiger partial charge in [-0.05, 0) is 68.7 Å². The molecule has 0 bridgehead atoms. The van der Waals surface area contributed by atoms with Gasteiger partial charge in [-0.3, -0.25) is 0 Å². The van der Waals surface area contributed by atoms with Crippen molar-refractivity contribution in [2.45, 2.75) is 44.6 Å². The Morgan fingerprint density at radius 1 is 1.00 bits per heavy atom. The van der Waals surface area contributed by atoms with Gasteiger partial charge in [0.25, 0.3) is 0 Å². The maximum atomic E-state index is 3.84. The molecule has 2 atom stereocenters. The smallest absolute Gasteiger partial charge is 0.00967 e. The lowest BCUT2D eigenvalue weighted by atomic mass is 9.80. The first kappa shape index (κ1) is 13.1. The van der Waals surface area contributed by atoms with Crippen LogP contribution in [0.4, 0.5) is 0 Å². The average Bonchev–Trinajstić information content (AvgIpc) is 2.49. The van der Waals surface area contributed by atoms with Crippen LogP contribution >= 0.6 is 0 Å². The molecule has 2 heterocycles. The first-order chi connectivity index (χ1) is 9.34. The van der Waals surface area contributed by atoms with Crippen LogP contribution in [0.1, 0.15) is 42.7 Å². The molecule has 2 aliphatic heterocycles. The van der Waals surface area contributed by atoms with Crippen LogP contribution in [0.5, 0.6) is 0 Å². The molecule has 2 saturated heterocycles. The van der Waals surface area contributed by atoms with Crippen LogP contribution in [0.25, 0.3) is 0 Å². The molecule has 2 fully saturated rings. The Morgan fingerprint density at radius 3 is 2.47 bits per heavy atom. The molecule has 1 aromatic carbocycles. The van der Waals surface area contributed by atoms with Crippen molar-refractivity contribution in [3.05, 3.63) is 35.4 Å². The van der Waals surface area contributed by atoms with E-state index in [4.69, 9.17) is 0 Å². The molecular formula is C17H26N2. The summed E-state index contributed by atoms with van der Waals surface area (Å²) in [7, 11) is 0. The van der Waals surface area contributed by atoms with Crippen LogP contribution in [-0.2, 0) is 0 Å². The summed E-state index contributed by atoms with van der Waals surface area (Å²) in [6.45, 7) is 5.84. The highest BCUT2D eigenvalue weighted by Crippen LogP contribution is 2.31. The number of piperidine rings is 2. The van der Waals surface area contributed by atoms with E-state index in [0.717, 1.165) is 17.9 Å². The molecule has 3 rings (SSSR count). The number of hydrogen-bond acceptors (Lipinski definition) is 2. The number of rotatable bonds is 2. The third-order valence-corrected chi connectivity index (χ3v) is 5.03. The number of hydrogen-bond donors (Lipinski definition) is 2. The minimum Gasteiger partial charge on any atom is -0.317 e. The first-order valence-corrected chi connectivity index (χ1v) is 7.84. The van der Waals surface area contributed by atoms with E-state index in [9.17, 15) is 0 Å². The molecule has 19 heavy (non-hydrogen) atoms. The monoisotopic (exact) mass is 258 g/mol. The SMILES string of the molecule is Cc1ccccc1C1CCC(C2CCNCC2)NC1. The molecule has 2 N–H and O–H groups in total. The molecule has 1 aromatic rings. The lowest BCUT2D eigenvalue weighted by Gasteiger charge is -2.37. The minimum absolute atomic E-state index is 0.721. The second-order valence-electron chi connectivity index (χ2n) is 6.23. The Kier molecular flexibility index (Phi) is 4.19. The van der Waals surface area contributed by atoms with Crippen molar-refractivity contribution in [3.8, 4) is 0 Å². The van der Waals surface area contributed by atoms with Crippen molar-refractivity contribution in [3.63, 3.8) is 0 Å². The van der Waals surface area contributed by atoms with Crippen molar-refractivity contribution >= 4 is 0 Å². The highest BCUT2D eigenvalue weighted by Gasteiger charge is 2.28. The van der Waals surface area contributed by atoms with Crippen molar-refractivity contribution in [2.75, 3.05) is 19.6 Å². The summed E-state index contributed by atoms with van der Waals surface area (Å²) in [6.07, 6.45) is 5.41. The summed E-state index contributed by atoms with van der Waals surface area (Å²) in [5, 5.41) is 7.30. The number of nitrogens with one attached hydrogen (secondary N) is 2. The van der Waals surface area contributed by atoms with Crippen molar-refractivity contribution < 1.29 is 0 Å². The molecule has 0 radical (unpaired) electrons. The second-order valence-corrected chi connectivity index (χ2v) is 6.23. The van der Waals surface area contributed by atoms with Gasteiger partial charge in [0.15, 0.2) is 0 Å². The third-order valence-electron chi connectivity index (χ3n) is 5.03. The molecule has 0 aliphatic carbocycles. The van der Waals surface area contributed by atoms with Crippen LogP contribution in [0.15, 0.2) is 24.3 Å². The number of benzene rings is 1. The zero-order valence-electron chi connectivity index (χ0n) is 12.0. The molecule has 0 amide bonds. The van der Waals surface area contributed by atoms with Gasteiger partial charge in [0.1, 0.15) is 0 Å². The van der Waals surface area contributed by atoms with Crippen molar-refractivity contribution in [2.24, 2.45) is 5.92 Å². The minimum atomic E-state index is 0.721. The highest BCUT2D eigenvalue weighted by atomic mass is 15.0. The van der Waals surface area contributed by atoms with Gasteiger partial charge in [-0.15, -0.1) is 0 Å². The fourth-order valence-corrected chi connectivity index (χ4v) is 3.84. The van der Waals surface area contributed by atoms with Gasteiger partial charge < -0.3 is 10.6 Å². The maximum Gasteiger partial charge on any atom is 0.00967 e. The standard InChI is InChI=1S/C17H26N2/c1-13-4-2-3-5-16(13)15-6-7-17(19-12-15)14-8-10-18-11-9-14/h2-5,14-15,17-19H,6-12H2,1H3. The maximum absolute atomic E-state index is 3.84. The van der Waals surface area contributed by atoms with Gasteiger partial charge in [0.05, 0.1) is 0 Å². The average molecular weight is 258 g/mol. The largest absolute Gasteiger partial charge is 0.317 e. The topological polar surface area (TPSA) is 24.1 Å². The molecule has 104 valence electrons. The van der Waals surface area contributed by atoms with Crippen LogP contribution in [0.3, 0.4) is 0 Å². The summed E-state index contributed by atoms with van der Waals surface area (Å²) < 4.78 is 0. The van der Waals surface area contributed by atoms with Crippen LogP contribution in [0.2, 0.25) is 0 Å². The summed E-state index contributed by atoms with van der Waals surface area (Å²) in [5.41, 5.74) is 3.01. The van der Waals surface area contributed by atoms with Crippen LogP contribution in [0, 0.1) is 12.8 Å². The molecule has 0 aromatic heterocycles. The quantitative estimate of drug-likeness (QED) is 0.852. The van der Waals surface area contributed by atoms with E-state index in [1.165, 1.54) is 50.9 Å². The van der Waals surface area contributed by atoms with Gasteiger partial charge in [-0.25, -0.2) is 0 Å². The van der Waals surface area contributed by atoms with E-state index in [-0.39, 0.29) is 0 Å². The van der Waals surface area contributed by atoms with Gasteiger partial charge in [-0.1, -0.05) is 24.3 Å². The highest BCUT2D eigenvalue weighted by molar-refractivity contribution is 5.29. The first-order valence-electron chi connectivity index (χ1n) is 7.84. The second kappa shape index (κ2) is 6.06. The predicted molar refractivity (Wildman–Crippen MR) is 80.5 cm³/mol. The zero-order chi connectivity index (χ0) is 13.1. The lowest BCUT2D eigenvalue weighted by molar-refractivity contribution is 0.232. The van der Waals surface area contributed by atoms with Crippen molar-refractivity contribution in [1.82, 2.24) is 10.6 Å². The Bertz CT molecular complexity index is 401. The van der Waals surface area contributed by atoms with Gasteiger partial charge in [-0.2, -0.15) is 0 Å². The fourth-order valence-electron chi connectivity index (χ4n) is 3.84. The zero-order valence-corrected chi connectivity index (χ0v) is 12.0. The summed E-state index contributed by atoms with van der Waals surface area (Å²) in [4.78, 5) is 0. The summed E-state index contributed by atoms with van der Waals surface area (Å²) in [5.74, 6) is 1.62. The molecule has 0 saturated carbocycles. The van der Waals surface area contributed by atoms with E-state index >= 15 is 0 Å².